The van der Waals surface area contributed by atoms with Crippen LogP contribution in [0.15, 0.2) is 18.3 Å². The molecule has 0 aliphatic carbocycles. The van der Waals surface area contributed by atoms with Crippen molar-refractivity contribution in [3.8, 4) is 5.88 Å². The van der Waals surface area contributed by atoms with Gasteiger partial charge in [-0.1, -0.05) is 13.8 Å². The zero-order valence-electron chi connectivity index (χ0n) is 15.1. The fourth-order valence-corrected chi connectivity index (χ4v) is 3.54. The maximum Gasteiger partial charge on any atom is 0.251 e. The Balaban J connectivity index is 1.55. The largest absolute Gasteiger partial charge is 0.472 e. The minimum Gasteiger partial charge on any atom is -0.472 e. The van der Waals surface area contributed by atoms with E-state index in [1.165, 1.54) is 0 Å². The number of nitrogens with zero attached hydrogens (tertiary/aromatic N) is 1. The third kappa shape index (κ3) is 4.92. The van der Waals surface area contributed by atoms with Crippen molar-refractivity contribution in [3.63, 3.8) is 0 Å². The highest BCUT2D eigenvalue weighted by atomic mass is 16.5. The van der Waals surface area contributed by atoms with E-state index >= 15 is 0 Å². The molecular weight excluding hydrogens is 320 g/mol. The van der Waals surface area contributed by atoms with Crippen LogP contribution in [-0.2, 0) is 9.47 Å². The molecule has 0 bridgehead atoms. The van der Waals surface area contributed by atoms with Gasteiger partial charge >= 0.3 is 0 Å². The van der Waals surface area contributed by atoms with Crippen LogP contribution in [0.2, 0.25) is 0 Å². The minimum absolute atomic E-state index is 0.0250. The van der Waals surface area contributed by atoms with Crippen molar-refractivity contribution in [1.82, 2.24) is 10.3 Å². The number of rotatable bonds is 6. The predicted molar refractivity (Wildman–Crippen MR) is 93.7 cm³/mol. The molecule has 3 heterocycles. The molecule has 1 N–H and O–H groups in total. The van der Waals surface area contributed by atoms with Crippen LogP contribution >= 0.6 is 0 Å². The van der Waals surface area contributed by atoms with Crippen LogP contribution in [0.3, 0.4) is 0 Å². The average molecular weight is 348 g/mol. The van der Waals surface area contributed by atoms with E-state index in [9.17, 15) is 4.79 Å². The van der Waals surface area contributed by atoms with Crippen molar-refractivity contribution < 1.29 is 19.0 Å². The molecule has 0 saturated carbocycles. The number of nitrogens with one attached hydrogen (secondary N) is 1. The first-order chi connectivity index (χ1) is 12.1. The Morgan fingerprint density at radius 1 is 1.40 bits per heavy atom. The van der Waals surface area contributed by atoms with Gasteiger partial charge in [0.25, 0.3) is 5.91 Å². The van der Waals surface area contributed by atoms with Crippen molar-refractivity contribution in [2.24, 2.45) is 11.8 Å². The summed E-state index contributed by atoms with van der Waals surface area (Å²) in [5.41, 5.74) is 0.571. The summed E-state index contributed by atoms with van der Waals surface area (Å²) in [5, 5.41) is 3.05. The molecule has 0 aromatic carbocycles. The van der Waals surface area contributed by atoms with Crippen LogP contribution in [-0.4, -0.2) is 49.5 Å². The van der Waals surface area contributed by atoms with Crippen molar-refractivity contribution in [2.75, 3.05) is 26.4 Å². The molecule has 6 nitrogen and oxygen atoms in total. The smallest absolute Gasteiger partial charge is 0.251 e. The van der Waals surface area contributed by atoms with Crippen LogP contribution in [0.4, 0.5) is 0 Å². The van der Waals surface area contributed by atoms with Crippen molar-refractivity contribution in [2.45, 2.75) is 45.3 Å². The van der Waals surface area contributed by atoms with Gasteiger partial charge in [-0.05, 0) is 24.8 Å². The molecule has 1 amide bonds. The topological polar surface area (TPSA) is 69.7 Å². The van der Waals surface area contributed by atoms with Gasteiger partial charge in [-0.2, -0.15) is 0 Å². The highest BCUT2D eigenvalue weighted by molar-refractivity contribution is 5.94. The lowest BCUT2D eigenvalue weighted by atomic mass is 9.87. The number of amides is 1. The molecule has 3 atom stereocenters. The quantitative estimate of drug-likeness (QED) is 0.855. The second-order valence-corrected chi connectivity index (χ2v) is 7.18. The van der Waals surface area contributed by atoms with E-state index in [0.717, 1.165) is 25.9 Å². The Bertz CT molecular complexity index is 572. The van der Waals surface area contributed by atoms with Gasteiger partial charge < -0.3 is 19.5 Å². The fraction of sp³-hybridized carbons (Fsp3) is 0.684. The Kier molecular flexibility index (Phi) is 6.26. The molecule has 2 saturated heterocycles. The number of carbonyl (C=O) groups is 1. The third-order valence-corrected chi connectivity index (χ3v) is 4.85. The van der Waals surface area contributed by atoms with Gasteiger partial charge in [0.05, 0.1) is 19.3 Å². The third-order valence-electron chi connectivity index (χ3n) is 4.85. The Morgan fingerprint density at radius 2 is 2.28 bits per heavy atom. The molecule has 0 spiro atoms. The van der Waals surface area contributed by atoms with E-state index in [1.54, 1.807) is 18.3 Å². The standard InChI is InChI=1S/C19H28N2O4/c1-13(2)18-15(4-3-8-24-18)11-21-19(22)14-5-7-20-17(10-14)25-16-6-9-23-12-16/h5,7,10,13,15-16,18H,3-4,6,8-9,11-12H2,1-2H3,(H,21,22)/t15-,16+,18-/m0/s1. The van der Waals surface area contributed by atoms with Gasteiger partial charge in [0.15, 0.2) is 0 Å². The summed E-state index contributed by atoms with van der Waals surface area (Å²) in [6, 6.07) is 3.41. The highest BCUT2D eigenvalue weighted by Gasteiger charge is 2.28. The lowest BCUT2D eigenvalue weighted by Gasteiger charge is -2.34. The van der Waals surface area contributed by atoms with Gasteiger partial charge in [-0.15, -0.1) is 0 Å². The number of carbonyl (C=O) groups excluding carboxylic acids is 1. The van der Waals surface area contributed by atoms with E-state index in [2.05, 4.69) is 24.1 Å². The van der Waals surface area contributed by atoms with Crippen molar-refractivity contribution in [1.29, 1.82) is 0 Å². The van der Waals surface area contributed by atoms with Gasteiger partial charge in [0.1, 0.15) is 6.10 Å². The second kappa shape index (κ2) is 8.63. The minimum atomic E-state index is -0.0944. The number of ether oxygens (including phenoxy) is 3. The molecule has 138 valence electrons. The van der Waals surface area contributed by atoms with Crippen LogP contribution in [0.25, 0.3) is 0 Å². The van der Waals surface area contributed by atoms with E-state index in [0.29, 0.717) is 43.0 Å². The summed E-state index contributed by atoms with van der Waals surface area (Å²) in [4.78, 5) is 16.7. The van der Waals surface area contributed by atoms with E-state index < -0.39 is 0 Å². The van der Waals surface area contributed by atoms with Gasteiger partial charge in [-0.25, -0.2) is 4.98 Å². The van der Waals surface area contributed by atoms with Crippen LogP contribution in [0.1, 0.15) is 43.5 Å². The zero-order valence-corrected chi connectivity index (χ0v) is 15.1. The summed E-state index contributed by atoms with van der Waals surface area (Å²) in [6.07, 6.45) is 4.86. The predicted octanol–water partition coefficient (Wildman–Crippen LogP) is 2.43. The number of hydrogen-bond donors (Lipinski definition) is 1. The molecule has 0 radical (unpaired) electrons. The average Bonchev–Trinajstić information content (AvgIpc) is 3.13. The summed E-state index contributed by atoms with van der Waals surface area (Å²) in [5.74, 6) is 1.20. The first-order valence-corrected chi connectivity index (χ1v) is 9.23. The highest BCUT2D eigenvalue weighted by Crippen LogP contribution is 2.26. The van der Waals surface area contributed by atoms with Gasteiger partial charge in [-0.3, -0.25) is 4.79 Å². The van der Waals surface area contributed by atoms with Crippen LogP contribution in [0, 0.1) is 11.8 Å². The number of pyridine rings is 1. The lowest BCUT2D eigenvalue weighted by Crippen LogP contribution is -2.41. The molecule has 2 aliphatic heterocycles. The SMILES string of the molecule is CC(C)[C@@H]1OCCC[C@H]1CNC(=O)c1ccnc(O[C@@H]2CCOC2)c1. The summed E-state index contributed by atoms with van der Waals surface area (Å²) >= 11 is 0. The fourth-order valence-electron chi connectivity index (χ4n) is 3.54. The summed E-state index contributed by atoms with van der Waals surface area (Å²) in [6.45, 7) is 7.09. The molecule has 1 aromatic rings. The van der Waals surface area contributed by atoms with Crippen molar-refractivity contribution >= 4 is 5.91 Å². The monoisotopic (exact) mass is 348 g/mol. The lowest BCUT2D eigenvalue weighted by molar-refractivity contribution is -0.0510. The number of aromatic nitrogens is 1. The van der Waals surface area contributed by atoms with E-state index in [4.69, 9.17) is 14.2 Å². The molecule has 25 heavy (non-hydrogen) atoms. The van der Waals surface area contributed by atoms with Gasteiger partial charge in [0.2, 0.25) is 5.88 Å². The van der Waals surface area contributed by atoms with E-state index in [-0.39, 0.29) is 18.1 Å². The Hall–Kier alpha value is -1.66. The first kappa shape index (κ1) is 18.1. The van der Waals surface area contributed by atoms with E-state index in [1.807, 2.05) is 0 Å². The maximum absolute atomic E-state index is 12.5. The molecule has 3 rings (SSSR count). The molecule has 1 aromatic heterocycles. The zero-order chi connectivity index (χ0) is 17.6. The second-order valence-electron chi connectivity index (χ2n) is 7.18. The summed E-state index contributed by atoms with van der Waals surface area (Å²) in [7, 11) is 0. The molecule has 0 unspecified atom stereocenters. The molecule has 6 heteroatoms. The first-order valence-electron chi connectivity index (χ1n) is 9.23. The normalized spacial score (nSPS) is 26.6. The molecule has 2 fully saturated rings. The van der Waals surface area contributed by atoms with Crippen molar-refractivity contribution in [3.05, 3.63) is 23.9 Å². The summed E-state index contributed by atoms with van der Waals surface area (Å²) < 4.78 is 17.0. The maximum atomic E-state index is 12.5. The number of hydrogen-bond acceptors (Lipinski definition) is 5. The van der Waals surface area contributed by atoms with Gasteiger partial charge in [0, 0.05) is 43.3 Å². The van der Waals surface area contributed by atoms with Crippen LogP contribution < -0.4 is 10.1 Å². The molecular formula is C19H28N2O4. The van der Waals surface area contributed by atoms with Crippen LogP contribution in [0.5, 0.6) is 5.88 Å². The molecule has 2 aliphatic rings. The Labute approximate surface area is 149 Å². The Morgan fingerprint density at radius 3 is 3.04 bits per heavy atom.